The predicted octanol–water partition coefficient (Wildman–Crippen LogP) is 2.82. The van der Waals surface area contributed by atoms with Crippen LogP contribution in [0.15, 0.2) is 12.4 Å². The summed E-state index contributed by atoms with van der Waals surface area (Å²) in [5.41, 5.74) is 2.10. The molecule has 2 aliphatic rings. The fourth-order valence-electron chi connectivity index (χ4n) is 4.33. The molecule has 0 aromatic carbocycles. The molecule has 1 amide bonds. The molecule has 7 nitrogen and oxygen atoms in total. The molecule has 0 N–H and O–H groups in total. The highest BCUT2D eigenvalue weighted by atomic mass is 16.2. The van der Waals surface area contributed by atoms with Gasteiger partial charge >= 0.3 is 0 Å². The zero-order valence-corrected chi connectivity index (χ0v) is 17.2. The number of aromatic nitrogens is 4. The summed E-state index contributed by atoms with van der Waals surface area (Å²) in [7, 11) is 0. The first-order valence-electron chi connectivity index (χ1n) is 10.4. The molecule has 0 unspecified atom stereocenters. The molecular weight excluding hydrogens is 352 g/mol. The molecule has 0 atom stereocenters. The van der Waals surface area contributed by atoms with Crippen molar-refractivity contribution in [2.45, 2.75) is 52.9 Å². The number of rotatable bonds is 4. The van der Waals surface area contributed by atoms with Crippen molar-refractivity contribution < 1.29 is 4.79 Å². The topological polar surface area (TPSA) is 67.2 Å². The maximum atomic E-state index is 12.6. The normalized spacial score (nSPS) is 18.1. The monoisotopic (exact) mass is 382 g/mol. The van der Waals surface area contributed by atoms with Crippen LogP contribution in [0.5, 0.6) is 0 Å². The lowest BCUT2D eigenvalue weighted by Crippen LogP contribution is -2.49. The number of aryl methyl sites for hydroxylation is 2. The van der Waals surface area contributed by atoms with Crippen LogP contribution >= 0.6 is 0 Å². The van der Waals surface area contributed by atoms with Crippen LogP contribution in [0.3, 0.4) is 0 Å². The lowest BCUT2D eigenvalue weighted by molar-refractivity contribution is -0.132. The van der Waals surface area contributed by atoms with Gasteiger partial charge in [-0.2, -0.15) is 0 Å². The number of imidazole rings is 1. The van der Waals surface area contributed by atoms with Crippen molar-refractivity contribution in [1.29, 1.82) is 0 Å². The molecule has 0 bridgehead atoms. The largest absolute Gasteiger partial charge is 0.353 e. The van der Waals surface area contributed by atoms with Gasteiger partial charge in [0.1, 0.15) is 23.8 Å². The molecule has 0 spiro atoms. The second-order valence-electron chi connectivity index (χ2n) is 8.14. The third-order valence-corrected chi connectivity index (χ3v) is 6.20. The van der Waals surface area contributed by atoms with Gasteiger partial charge in [0, 0.05) is 44.4 Å². The van der Waals surface area contributed by atoms with E-state index in [-0.39, 0.29) is 0 Å². The van der Waals surface area contributed by atoms with Gasteiger partial charge < -0.3 is 9.80 Å². The number of nitrogens with zero attached hydrogens (tertiary/aromatic N) is 6. The fourth-order valence-corrected chi connectivity index (χ4v) is 4.33. The Morgan fingerprint density at radius 1 is 1.04 bits per heavy atom. The smallest absolute Gasteiger partial charge is 0.222 e. The molecule has 28 heavy (non-hydrogen) atoms. The summed E-state index contributed by atoms with van der Waals surface area (Å²) in [6, 6.07) is 2.02. The van der Waals surface area contributed by atoms with Crippen molar-refractivity contribution in [3.8, 4) is 5.82 Å². The number of hydrogen-bond donors (Lipinski definition) is 0. The first kappa shape index (κ1) is 18.9. The van der Waals surface area contributed by atoms with Crippen LogP contribution in [0.4, 0.5) is 5.82 Å². The highest BCUT2D eigenvalue weighted by molar-refractivity contribution is 5.76. The summed E-state index contributed by atoms with van der Waals surface area (Å²) < 4.78 is 2.01. The molecule has 2 fully saturated rings. The number of hydrogen-bond acceptors (Lipinski definition) is 5. The van der Waals surface area contributed by atoms with Crippen molar-refractivity contribution in [2.24, 2.45) is 5.92 Å². The van der Waals surface area contributed by atoms with Crippen LogP contribution in [0, 0.1) is 26.7 Å². The summed E-state index contributed by atoms with van der Waals surface area (Å²) in [5.74, 6) is 3.46. The molecule has 7 heteroatoms. The summed E-state index contributed by atoms with van der Waals surface area (Å²) in [4.78, 5) is 30.5. The molecule has 1 aliphatic heterocycles. The Balaban J connectivity index is 1.43. The minimum absolute atomic E-state index is 0.329. The molecule has 4 rings (SSSR count). The molecule has 0 radical (unpaired) electrons. The molecule has 1 aliphatic carbocycles. The minimum atomic E-state index is 0.329. The van der Waals surface area contributed by atoms with Crippen LogP contribution < -0.4 is 4.90 Å². The highest BCUT2D eigenvalue weighted by Gasteiger charge is 2.26. The van der Waals surface area contributed by atoms with Crippen molar-refractivity contribution in [3.05, 3.63) is 29.6 Å². The van der Waals surface area contributed by atoms with Gasteiger partial charge in [0.05, 0.1) is 5.69 Å². The molecule has 2 aromatic rings. The van der Waals surface area contributed by atoms with Crippen LogP contribution in [-0.4, -0.2) is 56.5 Å². The van der Waals surface area contributed by atoms with Gasteiger partial charge in [0.25, 0.3) is 0 Å². The number of anilines is 1. The fraction of sp³-hybridized carbons (Fsp3) is 0.619. The number of carbonyl (C=O) groups is 1. The third-order valence-electron chi connectivity index (χ3n) is 6.20. The van der Waals surface area contributed by atoms with Gasteiger partial charge in [-0.15, -0.1) is 0 Å². The summed E-state index contributed by atoms with van der Waals surface area (Å²) >= 11 is 0. The standard InChI is InChI=1S/C21H30N6O/c1-15-16(2)27(14-22-15)20-13-19(23-17(3)24-20)25-8-10-26(11-9-25)21(28)12-18-6-4-5-7-18/h13-14,18H,4-12H2,1-3H3. The van der Waals surface area contributed by atoms with Crippen molar-refractivity contribution in [2.75, 3.05) is 31.1 Å². The lowest BCUT2D eigenvalue weighted by atomic mass is 10.0. The molecule has 1 saturated heterocycles. The van der Waals surface area contributed by atoms with Gasteiger partial charge in [0.2, 0.25) is 5.91 Å². The Kier molecular flexibility index (Phi) is 5.33. The zero-order valence-electron chi connectivity index (χ0n) is 17.2. The van der Waals surface area contributed by atoms with Gasteiger partial charge in [0.15, 0.2) is 0 Å². The Morgan fingerprint density at radius 3 is 2.36 bits per heavy atom. The van der Waals surface area contributed by atoms with E-state index in [2.05, 4.69) is 19.9 Å². The van der Waals surface area contributed by atoms with Crippen molar-refractivity contribution >= 4 is 11.7 Å². The van der Waals surface area contributed by atoms with Gasteiger partial charge in [-0.25, -0.2) is 15.0 Å². The second-order valence-corrected chi connectivity index (χ2v) is 8.14. The van der Waals surface area contributed by atoms with E-state index in [1.165, 1.54) is 25.7 Å². The van der Waals surface area contributed by atoms with Crippen molar-refractivity contribution in [3.63, 3.8) is 0 Å². The molecular formula is C21H30N6O. The first-order valence-corrected chi connectivity index (χ1v) is 10.4. The average Bonchev–Trinajstić information content (AvgIpc) is 3.32. The maximum Gasteiger partial charge on any atom is 0.222 e. The number of carbonyl (C=O) groups excluding carboxylic acids is 1. The maximum absolute atomic E-state index is 12.6. The Bertz CT molecular complexity index is 847. The van der Waals surface area contributed by atoms with Crippen molar-refractivity contribution in [1.82, 2.24) is 24.4 Å². The summed E-state index contributed by atoms with van der Waals surface area (Å²) in [6.07, 6.45) is 7.57. The van der Waals surface area contributed by atoms with E-state index in [4.69, 9.17) is 0 Å². The molecule has 3 heterocycles. The summed E-state index contributed by atoms with van der Waals surface area (Å²) in [5, 5.41) is 0. The molecule has 2 aromatic heterocycles. The average molecular weight is 383 g/mol. The number of amides is 1. The first-order chi connectivity index (χ1) is 13.5. The van der Waals surface area contributed by atoms with Crippen LogP contribution in [-0.2, 0) is 4.79 Å². The van der Waals surface area contributed by atoms with E-state index >= 15 is 0 Å². The van der Waals surface area contributed by atoms with Crippen LogP contribution in [0.25, 0.3) is 5.82 Å². The summed E-state index contributed by atoms with van der Waals surface area (Å²) in [6.45, 7) is 9.15. The lowest BCUT2D eigenvalue weighted by Gasteiger charge is -2.36. The number of piperazine rings is 1. The van der Waals surface area contributed by atoms with E-state index in [1.807, 2.05) is 42.6 Å². The van der Waals surface area contributed by atoms with E-state index in [0.29, 0.717) is 11.8 Å². The zero-order chi connectivity index (χ0) is 19.7. The van der Waals surface area contributed by atoms with Crippen LogP contribution in [0.1, 0.15) is 49.3 Å². The third kappa shape index (κ3) is 3.88. The predicted molar refractivity (Wildman–Crippen MR) is 109 cm³/mol. The van der Waals surface area contributed by atoms with E-state index in [1.54, 1.807) is 0 Å². The Labute approximate surface area is 166 Å². The van der Waals surface area contributed by atoms with Gasteiger partial charge in [-0.05, 0) is 39.5 Å². The Hall–Kier alpha value is -2.44. The minimum Gasteiger partial charge on any atom is -0.353 e. The van der Waals surface area contributed by atoms with E-state index < -0.39 is 0 Å². The van der Waals surface area contributed by atoms with Crippen LogP contribution in [0.2, 0.25) is 0 Å². The van der Waals surface area contributed by atoms with E-state index in [0.717, 1.165) is 61.4 Å². The van der Waals surface area contributed by atoms with Gasteiger partial charge in [-0.3, -0.25) is 9.36 Å². The van der Waals surface area contributed by atoms with E-state index in [9.17, 15) is 4.79 Å². The van der Waals surface area contributed by atoms with Gasteiger partial charge in [-0.1, -0.05) is 12.8 Å². The quantitative estimate of drug-likeness (QED) is 0.813. The molecule has 150 valence electrons. The highest BCUT2D eigenvalue weighted by Crippen LogP contribution is 2.28. The Morgan fingerprint density at radius 2 is 1.71 bits per heavy atom. The molecule has 1 saturated carbocycles. The second kappa shape index (κ2) is 7.89. The SMILES string of the molecule is Cc1nc(N2CCN(C(=O)CC3CCCC3)CC2)cc(-n2cnc(C)c2C)n1.